The SMILES string of the molecule is CC1=CC(Br)=C(C2=CCNC=C2)C(=O)C1(Cc1ccccc1)S(=O)(=O)O. The molecule has 0 saturated carbocycles. The van der Waals surface area contributed by atoms with Gasteiger partial charge in [-0.2, -0.15) is 8.42 Å². The van der Waals surface area contributed by atoms with Crippen LogP contribution in [0.2, 0.25) is 0 Å². The molecule has 1 aliphatic carbocycles. The van der Waals surface area contributed by atoms with Crippen molar-refractivity contribution in [2.45, 2.75) is 18.1 Å². The number of nitrogens with one attached hydrogen (secondary N) is 1. The number of rotatable bonds is 4. The maximum Gasteiger partial charge on any atom is 0.282 e. The smallest absolute Gasteiger partial charge is 0.282 e. The van der Waals surface area contributed by atoms with Crippen LogP contribution in [-0.4, -0.2) is 30.0 Å². The fraction of sp³-hybridized carbons (Fsp3) is 0.211. The Hall–Kier alpha value is -1.96. The molecule has 26 heavy (non-hydrogen) atoms. The van der Waals surface area contributed by atoms with E-state index in [9.17, 15) is 17.8 Å². The van der Waals surface area contributed by atoms with Gasteiger partial charge in [-0.3, -0.25) is 9.35 Å². The van der Waals surface area contributed by atoms with E-state index >= 15 is 0 Å². The Bertz CT molecular complexity index is 974. The summed E-state index contributed by atoms with van der Waals surface area (Å²) in [4.78, 5) is 13.5. The van der Waals surface area contributed by atoms with Crippen LogP contribution in [-0.2, 0) is 21.3 Å². The van der Waals surface area contributed by atoms with E-state index in [-0.39, 0.29) is 17.6 Å². The van der Waals surface area contributed by atoms with Gasteiger partial charge >= 0.3 is 0 Å². The molecule has 2 N–H and O–H groups in total. The first kappa shape index (κ1) is 18.8. The van der Waals surface area contributed by atoms with Crippen LogP contribution in [0.15, 0.2) is 76.0 Å². The van der Waals surface area contributed by atoms with Crippen molar-refractivity contribution in [1.29, 1.82) is 0 Å². The van der Waals surface area contributed by atoms with Crippen molar-refractivity contribution >= 4 is 31.8 Å². The van der Waals surface area contributed by atoms with E-state index < -0.39 is 20.6 Å². The summed E-state index contributed by atoms with van der Waals surface area (Å²) in [6, 6.07) is 8.82. The predicted octanol–water partition coefficient (Wildman–Crippen LogP) is 3.08. The Labute approximate surface area is 161 Å². The van der Waals surface area contributed by atoms with Crippen molar-refractivity contribution in [2.75, 3.05) is 6.54 Å². The molecule has 3 rings (SSSR count). The van der Waals surface area contributed by atoms with Gasteiger partial charge in [0.05, 0.1) is 0 Å². The lowest BCUT2D eigenvalue weighted by molar-refractivity contribution is -0.117. The highest BCUT2D eigenvalue weighted by Gasteiger charge is 2.54. The van der Waals surface area contributed by atoms with Crippen LogP contribution in [0.4, 0.5) is 0 Å². The molecule has 1 aromatic rings. The van der Waals surface area contributed by atoms with Crippen molar-refractivity contribution in [3.8, 4) is 0 Å². The summed E-state index contributed by atoms with van der Waals surface area (Å²) in [5.74, 6) is -0.631. The first-order valence-electron chi connectivity index (χ1n) is 8.02. The second-order valence-electron chi connectivity index (χ2n) is 6.24. The van der Waals surface area contributed by atoms with E-state index in [1.54, 1.807) is 55.6 Å². The normalized spacial score (nSPS) is 23.4. The second kappa shape index (κ2) is 6.98. The first-order valence-corrected chi connectivity index (χ1v) is 10.3. The third-order valence-electron chi connectivity index (χ3n) is 4.66. The minimum atomic E-state index is -4.72. The van der Waals surface area contributed by atoms with Gasteiger partial charge in [0.2, 0.25) is 0 Å². The van der Waals surface area contributed by atoms with Crippen LogP contribution in [0.5, 0.6) is 0 Å². The number of carbonyl (C=O) groups excluding carboxylic acids is 1. The second-order valence-corrected chi connectivity index (χ2v) is 8.75. The Kier molecular flexibility index (Phi) is 5.05. The summed E-state index contributed by atoms with van der Waals surface area (Å²) in [5.41, 5.74) is 1.80. The van der Waals surface area contributed by atoms with Gasteiger partial charge in [-0.15, -0.1) is 0 Å². The van der Waals surface area contributed by atoms with Crippen molar-refractivity contribution < 1.29 is 17.8 Å². The van der Waals surface area contributed by atoms with Crippen LogP contribution in [0.25, 0.3) is 0 Å². The molecular weight excluding hydrogens is 418 g/mol. The quantitative estimate of drug-likeness (QED) is 0.709. The molecule has 0 amide bonds. The number of hydrogen-bond donors (Lipinski definition) is 2. The van der Waals surface area contributed by atoms with Gasteiger partial charge in [0.15, 0.2) is 10.5 Å². The fourth-order valence-corrected chi connectivity index (χ4v) is 5.19. The molecule has 1 heterocycles. The molecule has 0 saturated heterocycles. The molecule has 1 unspecified atom stereocenters. The zero-order valence-corrected chi connectivity index (χ0v) is 16.5. The molecule has 0 radical (unpaired) electrons. The van der Waals surface area contributed by atoms with Gasteiger partial charge in [-0.1, -0.05) is 52.3 Å². The Morgan fingerprint density at radius 3 is 2.54 bits per heavy atom. The highest BCUT2D eigenvalue weighted by Crippen LogP contribution is 2.42. The fourth-order valence-electron chi connectivity index (χ4n) is 3.29. The third kappa shape index (κ3) is 3.11. The monoisotopic (exact) mass is 435 g/mol. The zero-order valence-electron chi connectivity index (χ0n) is 14.1. The molecule has 2 aliphatic rings. The molecule has 5 nitrogen and oxygen atoms in total. The maximum atomic E-state index is 13.5. The van der Waals surface area contributed by atoms with Gasteiger partial charge in [0.25, 0.3) is 10.1 Å². The number of ketones is 1. The van der Waals surface area contributed by atoms with Crippen molar-refractivity contribution in [1.82, 2.24) is 5.32 Å². The average molecular weight is 436 g/mol. The lowest BCUT2D eigenvalue weighted by atomic mass is 9.79. The van der Waals surface area contributed by atoms with Crippen LogP contribution < -0.4 is 5.32 Å². The highest BCUT2D eigenvalue weighted by atomic mass is 79.9. The lowest BCUT2D eigenvalue weighted by Crippen LogP contribution is -2.51. The van der Waals surface area contributed by atoms with E-state index in [1.165, 1.54) is 0 Å². The summed E-state index contributed by atoms with van der Waals surface area (Å²) >= 11 is 3.39. The summed E-state index contributed by atoms with van der Waals surface area (Å²) in [5, 5.41) is 2.99. The van der Waals surface area contributed by atoms with E-state index in [1.807, 2.05) is 6.07 Å². The number of benzene rings is 1. The van der Waals surface area contributed by atoms with E-state index in [2.05, 4.69) is 21.2 Å². The van der Waals surface area contributed by atoms with Crippen molar-refractivity contribution in [2.24, 2.45) is 0 Å². The standard InChI is InChI=1S/C19H18BrNO4S/c1-13-11-16(20)17(15-7-9-21-10-8-15)18(22)19(13,26(23,24)25)12-14-5-3-2-4-6-14/h2-9,11,21H,10,12H2,1H3,(H,23,24,25). The summed E-state index contributed by atoms with van der Waals surface area (Å²) in [7, 11) is -4.72. The van der Waals surface area contributed by atoms with E-state index in [0.29, 0.717) is 22.2 Å². The van der Waals surface area contributed by atoms with Crippen molar-refractivity contribution in [3.05, 3.63) is 81.5 Å². The summed E-state index contributed by atoms with van der Waals surface area (Å²) in [6.45, 7) is 2.09. The van der Waals surface area contributed by atoms with Gasteiger partial charge in [0, 0.05) is 23.0 Å². The van der Waals surface area contributed by atoms with Crippen LogP contribution in [0.1, 0.15) is 12.5 Å². The molecule has 0 bridgehead atoms. The summed E-state index contributed by atoms with van der Waals surface area (Å²) < 4.78 is 33.5. The van der Waals surface area contributed by atoms with Gasteiger partial charge < -0.3 is 5.32 Å². The number of halogens is 1. The number of carbonyl (C=O) groups is 1. The van der Waals surface area contributed by atoms with E-state index in [4.69, 9.17) is 0 Å². The largest absolute Gasteiger partial charge is 0.387 e. The first-order chi connectivity index (χ1) is 12.3. The van der Waals surface area contributed by atoms with Crippen LogP contribution >= 0.6 is 15.9 Å². The highest BCUT2D eigenvalue weighted by molar-refractivity contribution is 9.12. The molecule has 1 atom stereocenters. The average Bonchev–Trinajstić information content (AvgIpc) is 2.59. The van der Waals surface area contributed by atoms with Gasteiger partial charge in [-0.05, 0) is 42.0 Å². The number of hydrogen-bond acceptors (Lipinski definition) is 4. The molecule has 0 fully saturated rings. The van der Waals surface area contributed by atoms with Crippen LogP contribution in [0.3, 0.4) is 0 Å². The molecule has 1 aromatic carbocycles. The van der Waals surface area contributed by atoms with Crippen molar-refractivity contribution in [3.63, 3.8) is 0 Å². The number of Topliss-reactive ketones (excluding diaryl/α,β-unsaturated/α-hetero) is 1. The molecular formula is C19H18BrNO4S. The Morgan fingerprint density at radius 2 is 1.96 bits per heavy atom. The molecule has 0 spiro atoms. The molecule has 136 valence electrons. The molecule has 1 aliphatic heterocycles. The Balaban J connectivity index is 2.20. The third-order valence-corrected chi connectivity index (χ3v) is 6.82. The minimum absolute atomic E-state index is 0.132. The molecule has 0 aromatic heterocycles. The maximum absolute atomic E-state index is 13.5. The topological polar surface area (TPSA) is 83.5 Å². The lowest BCUT2D eigenvalue weighted by Gasteiger charge is -2.35. The Morgan fingerprint density at radius 1 is 1.27 bits per heavy atom. The van der Waals surface area contributed by atoms with E-state index in [0.717, 1.165) is 0 Å². The van der Waals surface area contributed by atoms with Gasteiger partial charge in [-0.25, -0.2) is 0 Å². The zero-order chi connectivity index (χ0) is 18.9. The predicted molar refractivity (Wildman–Crippen MR) is 104 cm³/mol. The number of allylic oxidation sites excluding steroid dienone is 5. The van der Waals surface area contributed by atoms with Gasteiger partial charge in [0.1, 0.15) is 0 Å². The summed E-state index contributed by atoms with van der Waals surface area (Å²) in [6.07, 6.45) is 6.69. The van der Waals surface area contributed by atoms with Crippen LogP contribution in [0, 0.1) is 0 Å². The molecule has 7 heteroatoms. The number of dihydropyridines is 1. The minimum Gasteiger partial charge on any atom is -0.387 e.